The maximum Gasteiger partial charge on any atom is 0.323 e. The predicted octanol–water partition coefficient (Wildman–Crippen LogP) is 5.55. The molecule has 0 bridgehead atoms. The number of nitrogens with one attached hydrogen (secondary N) is 2. The first-order chi connectivity index (χ1) is 10.0. The summed E-state index contributed by atoms with van der Waals surface area (Å²) in [5.41, 5.74) is 1.55. The van der Waals surface area contributed by atoms with Crippen LogP contribution in [0.4, 0.5) is 10.5 Å². The molecular weight excluding hydrogens is 375 g/mol. The lowest BCUT2D eigenvalue weighted by Crippen LogP contribution is -2.23. The summed E-state index contributed by atoms with van der Waals surface area (Å²) in [6.07, 6.45) is 3.36. The Hall–Kier alpha value is -1.49. The Kier molecular flexibility index (Phi) is 5.67. The zero-order valence-corrected chi connectivity index (χ0v) is 13.8. The van der Waals surface area contributed by atoms with Gasteiger partial charge in [-0.15, -0.1) is 0 Å². The third kappa shape index (κ3) is 5.08. The van der Waals surface area contributed by atoms with Crippen LogP contribution in [0.15, 0.2) is 53.1 Å². The van der Waals surface area contributed by atoms with Crippen LogP contribution in [-0.2, 0) is 0 Å². The van der Waals surface area contributed by atoms with E-state index in [1.54, 1.807) is 30.5 Å². The molecule has 2 amide bonds. The van der Waals surface area contributed by atoms with Crippen molar-refractivity contribution in [3.8, 4) is 0 Å². The second-order valence-corrected chi connectivity index (χ2v) is 5.84. The summed E-state index contributed by atoms with van der Waals surface area (Å²) in [6.45, 7) is 0. The molecule has 2 rings (SSSR count). The zero-order chi connectivity index (χ0) is 15.2. The largest absolute Gasteiger partial charge is 0.323 e. The molecule has 0 aliphatic heterocycles. The maximum atomic E-state index is 11.7. The van der Waals surface area contributed by atoms with Crippen LogP contribution in [0.3, 0.4) is 0 Å². The lowest BCUT2D eigenvalue weighted by atomic mass is 10.2. The molecule has 0 saturated carbocycles. The molecule has 0 aliphatic carbocycles. The molecule has 0 heterocycles. The van der Waals surface area contributed by atoms with Crippen molar-refractivity contribution in [2.24, 2.45) is 0 Å². The summed E-state index contributed by atoms with van der Waals surface area (Å²) >= 11 is 15.0. The van der Waals surface area contributed by atoms with Crippen LogP contribution in [0.2, 0.25) is 10.0 Å². The van der Waals surface area contributed by atoms with Crippen molar-refractivity contribution in [1.82, 2.24) is 5.32 Å². The van der Waals surface area contributed by atoms with E-state index in [2.05, 4.69) is 26.6 Å². The number of anilines is 1. The van der Waals surface area contributed by atoms with Crippen LogP contribution in [0.5, 0.6) is 0 Å². The van der Waals surface area contributed by atoms with Crippen molar-refractivity contribution >= 4 is 56.9 Å². The number of halogens is 3. The average molecular weight is 386 g/mol. The summed E-state index contributed by atoms with van der Waals surface area (Å²) < 4.78 is 1.00. The Balaban J connectivity index is 1.89. The minimum absolute atomic E-state index is 0.359. The van der Waals surface area contributed by atoms with Gasteiger partial charge in [0, 0.05) is 16.4 Å². The van der Waals surface area contributed by atoms with E-state index in [-0.39, 0.29) is 6.03 Å². The van der Waals surface area contributed by atoms with Crippen molar-refractivity contribution < 1.29 is 4.79 Å². The Morgan fingerprint density at radius 2 is 1.76 bits per heavy atom. The van der Waals surface area contributed by atoms with Crippen LogP contribution < -0.4 is 10.6 Å². The number of hydrogen-bond acceptors (Lipinski definition) is 1. The van der Waals surface area contributed by atoms with Crippen LogP contribution in [0.1, 0.15) is 5.56 Å². The van der Waals surface area contributed by atoms with Crippen LogP contribution in [0.25, 0.3) is 6.08 Å². The molecule has 0 aliphatic rings. The predicted molar refractivity (Wildman–Crippen MR) is 91.8 cm³/mol. The molecule has 0 aromatic heterocycles. The van der Waals surface area contributed by atoms with E-state index in [0.29, 0.717) is 15.7 Å². The first-order valence-electron chi connectivity index (χ1n) is 5.99. The number of rotatable bonds is 3. The second kappa shape index (κ2) is 7.50. The highest BCUT2D eigenvalue weighted by molar-refractivity contribution is 9.10. The molecule has 0 unspecified atom stereocenters. The van der Waals surface area contributed by atoms with Crippen LogP contribution in [0, 0.1) is 0 Å². The summed E-state index contributed by atoms with van der Waals surface area (Å²) in [6, 6.07) is 12.2. The van der Waals surface area contributed by atoms with E-state index < -0.39 is 0 Å². The molecule has 0 radical (unpaired) electrons. The third-order valence-corrected chi connectivity index (χ3v) is 3.81. The molecule has 2 N–H and O–H groups in total. The summed E-state index contributed by atoms with van der Waals surface area (Å²) in [4.78, 5) is 11.7. The van der Waals surface area contributed by atoms with Gasteiger partial charge < -0.3 is 10.6 Å². The summed E-state index contributed by atoms with van der Waals surface area (Å²) in [5.74, 6) is 0. The lowest BCUT2D eigenvalue weighted by molar-refractivity contribution is 0.255. The van der Waals surface area contributed by atoms with E-state index in [4.69, 9.17) is 23.2 Å². The lowest BCUT2D eigenvalue weighted by Gasteiger charge is -2.05. The van der Waals surface area contributed by atoms with Crippen LogP contribution >= 0.6 is 39.1 Å². The monoisotopic (exact) mass is 384 g/mol. The zero-order valence-electron chi connectivity index (χ0n) is 10.7. The van der Waals surface area contributed by atoms with E-state index >= 15 is 0 Å². The average Bonchev–Trinajstić information content (AvgIpc) is 2.45. The van der Waals surface area contributed by atoms with Gasteiger partial charge >= 0.3 is 6.03 Å². The van der Waals surface area contributed by atoms with Gasteiger partial charge in [-0.2, -0.15) is 0 Å². The third-order valence-electron chi connectivity index (χ3n) is 2.54. The van der Waals surface area contributed by atoms with E-state index in [9.17, 15) is 4.79 Å². The van der Waals surface area contributed by atoms with E-state index in [0.717, 1.165) is 10.0 Å². The quantitative estimate of drug-likeness (QED) is 0.714. The van der Waals surface area contributed by atoms with Gasteiger partial charge in [-0.05, 0) is 42.0 Å². The Bertz CT molecular complexity index is 672. The highest BCUT2D eigenvalue weighted by atomic mass is 79.9. The van der Waals surface area contributed by atoms with Gasteiger partial charge in [0.15, 0.2) is 0 Å². The van der Waals surface area contributed by atoms with Crippen molar-refractivity contribution in [1.29, 1.82) is 0 Å². The van der Waals surface area contributed by atoms with Crippen molar-refractivity contribution in [3.05, 3.63) is 68.7 Å². The number of amides is 2. The van der Waals surface area contributed by atoms with E-state index in [1.807, 2.05) is 24.3 Å². The molecule has 0 spiro atoms. The number of carbonyl (C=O) groups excluding carboxylic acids is 1. The van der Waals surface area contributed by atoms with E-state index in [1.165, 1.54) is 0 Å². The first kappa shape index (κ1) is 15.9. The van der Waals surface area contributed by atoms with Gasteiger partial charge in [-0.3, -0.25) is 0 Å². The minimum atomic E-state index is -0.359. The fourth-order valence-corrected chi connectivity index (χ4v) is 2.09. The second-order valence-electron chi connectivity index (χ2n) is 4.11. The van der Waals surface area contributed by atoms with Gasteiger partial charge in [-0.1, -0.05) is 51.3 Å². The van der Waals surface area contributed by atoms with Gasteiger partial charge in [0.05, 0.1) is 10.0 Å². The molecule has 6 heteroatoms. The number of urea groups is 1. The molecule has 0 saturated heterocycles. The SMILES string of the molecule is O=C(N/C=C/c1ccc(Br)cc1)Nc1ccc(Cl)c(Cl)c1. The number of hydrogen-bond donors (Lipinski definition) is 2. The molecule has 3 nitrogen and oxygen atoms in total. The fourth-order valence-electron chi connectivity index (χ4n) is 1.53. The molecule has 108 valence electrons. The topological polar surface area (TPSA) is 41.1 Å². The van der Waals surface area contributed by atoms with Gasteiger partial charge in [0.1, 0.15) is 0 Å². The Morgan fingerprint density at radius 3 is 2.43 bits per heavy atom. The standard InChI is InChI=1S/C15H11BrCl2N2O/c16-11-3-1-10(2-4-11)7-8-19-15(21)20-12-5-6-13(17)14(18)9-12/h1-9H,(H2,19,20,21)/b8-7+. The Morgan fingerprint density at radius 1 is 1.05 bits per heavy atom. The highest BCUT2D eigenvalue weighted by Gasteiger charge is 2.02. The fraction of sp³-hybridized carbons (Fsp3) is 0. The highest BCUT2D eigenvalue weighted by Crippen LogP contribution is 2.24. The smallest absolute Gasteiger partial charge is 0.314 e. The van der Waals surface area contributed by atoms with Crippen molar-refractivity contribution in [2.45, 2.75) is 0 Å². The summed E-state index contributed by atoms with van der Waals surface area (Å²) in [7, 11) is 0. The van der Waals surface area contributed by atoms with Crippen molar-refractivity contribution in [3.63, 3.8) is 0 Å². The molecular formula is C15H11BrCl2N2O. The minimum Gasteiger partial charge on any atom is -0.314 e. The summed E-state index contributed by atoms with van der Waals surface area (Å²) in [5, 5.41) is 6.09. The van der Waals surface area contributed by atoms with Crippen LogP contribution in [-0.4, -0.2) is 6.03 Å². The molecule has 21 heavy (non-hydrogen) atoms. The number of carbonyl (C=O) groups is 1. The Labute approximate surface area is 141 Å². The first-order valence-corrected chi connectivity index (χ1v) is 7.54. The molecule has 2 aromatic carbocycles. The van der Waals surface area contributed by atoms with Crippen molar-refractivity contribution in [2.75, 3.05) is 5.32 Å². The number of benzene rings is 2. The maximum absolute atomic E-state index is 11.7. The normalized spacial score (nSPS) is 10.6. The molecule has 2 aromatic rings. The molecule has 0 atom stereocenters. The molecule has 0 fully saturated rings. The van der Waals surface area contributed by atoms with Gasteiger partial charge in [-0.25, -0.2) is 4.79 Å². The van der Waals surface area contributed by atoms with Gasteiger partial charge in [0.2, 0.25) is 0 Å². The van der Waals surface area contributed by atoms with Gasteiger partial charge in [0.25, 0.3) is 0 Å².